The molecule has 1 aromatic rings. The van der Waals surface area contributed by atoms with Crippen molar-refractivity contribution in [2.45, 2.75) is 25.7 Å². The number of anilines is 1. The Morgan fingerprint density at radius 2 is 2.38 bits per heavy atom. The summed E-state index contributed by atoms with van der Waals surface area (Å²) in [6, 6.07) is 3.37. The molecule has 16 heavy (non-hydrogen) atoms. The van der Waals surface area contributed by atoms with Gasteiger partial charge in [0, 0.05) is 18.4 Å². The molecule has 0 unspecified atom stereocenters. The monoisotopic (exact) mass is 220 g/mol. The van der Waals surface area contributed by atoms with E-state index in [9.17, 15) is 4.79 Å². The maximum absolute atomic E-state index is 10.7. The summed E-state index contributed by atoms with van der Waals surface area (Å²) in [6.07, 6.45) is 6.75. The van der Waals surface area contributed by atoms with Crippen molar-refractivity contribution in [3.8, 4) is 0 Å². The van der Waals surface area contributed by atoms with Crippen LogP contribution in [0.25, 0.3) is 0 Å². The quantitative estimate of drug-likeness (QED) is 0.799. The molecule has 1 saturated carbocycles. The lowest BCUT2D eigenvalue weighted by Gasteiger charge is -2.25. The van der Waals surface area contributed by atoms with E-state index in [-0.39, 0.29) is 5.69 Å². The third-order valence-corrected chi connectivity index (χ3v) is 3.09. The fourth-order valence-corrected chi connectivity index (χ4v) is 1.86. The van der Waals surface area contributed by atoms with E-state index < -0.39 is 5.97 Å². The van der Waals surface area contributed by atoms with Crippen molar-refractivity contribution >= 4 is 11.7 Å². The van der Waals surface area contributed by atoms with Gasteiger partial charge in [-0.3, -0.25) is 0 Å². The van der Waals surface area contributed by atoms with Crippen molar-refractivity contribution in [2.24, 2.45) is 5.92 Å². The Hall–Kier alpha value is -1.58. The minimum absolute atomic E-state index is 0.0913. The predicted molar refractivity (Wildman–Crippen MR) is 61.6 cm³/mol. The normalized spacial score (nSPS) is 15.5. The van der Waals surface area contributed by atoms with Gasteiger partial charge in [0.05, 0.1) is 0 Å². The second-order valence-corrected chi connectivity index (χ2v) is 4.25. The Balaban J connectivity index is 1.83. The summed E-state index contributed by atoms with van der Waals surface area (Å²) in [4.78, 5) is 14.5. The van der Waals surface area contributed by atoms with Crippen molar-refractivity contribution < 1.29 is 9.90 Å². The Labute approximate surface area is 94.7 Å². The predicted octanol–water partition coefficient (Wildman–Crippen LogP) is 2.38. The lowest BCUT2D eigenvalue weighted by molar-refractivity contribution is 0.0690. The topological polar surface area (TPSA) is 62.2 Å². The number of carboxylic acid groups (broad SMARTS) is 1. The van der Waals surface area contributed by atoms with E-state index in [1.807, 2.05) is 0 Å². The first-order chi connectivity index (χ1) is 7.75. The molecule has 1 aliphatic carbocycles. The SMILES string of the molecule is O=C(O)c1cc(NCCC2CCC2)ccn1. The fraction of sp³-hybridized carbons (Fsp3) is 0.500. The molecule has 0 saturated heterocycles. The van der Waals surface area contributed by atoms with E-state index in [2.05, 4.69) is 10.3 Å². The second-order valence-electron chi connectivity index (χ2n) is 4.25. The van der Waals surface area contributed by atoms with Crippen molar-refractivity contribution in [3.05, 3.63) is 24.0 Å². The highest BCUT2D eigenvalue weighted by Crippen LogP contribution is 2.29. The number of hydrogen-bond acceptors (Lipinski definition) is 3. The molecule has 0 radical (unpaired) electrons. The highest BCUT2D eigenvalue weighted by atomic mass is 16.4. The van der Waals surface area contributed by atoms with E-state index in [0.29, 0.717) is 0 Å². The lowest BCUT2D eigenvalue weighted by atomic mass is 9.83. The summed E-state index contributed by atoms with van der Waals surface area (Å²) in [6.45, 7) is 0.910. The molecule has 0 atom stereocenters. The van der Waals surface area contributed by atoms with Crippen molar-refractivity contribution in [3.63, 3.8) is 0 Å². The van der Waals surface area contributed by atoms with Crippen LogP contribution in [0.2, 0.25) is 0 Å². The zero-order chi connectivity index (χ0) is 11.4. The smallest absolute Gasteiger partial charge is 0.354 e. The van der Waals surface area contributed by atoms with Crippen molar-refractivity contribution in [1.82, 2.24) is 4.98 Å². The van der Waals surface area contributed by atoms with Crippen LogP contribution in [-0.2, 0) is 0 Å². The minimum atomic E-state index is -0.984. The van der Waals surface area contributed by atoms with Crippen LogP contribution in [0.1, 0.15) is 36.2 Å². The number of carbonyl (C=O) groups is 1. The molecule has 0 aromatic carbocycles. The van der Waals surface area contributed by atoms with E-state index >= 15 is 0 Å². The van der Waals surface area contributed by atoms with Crippen LogP contribution in [0.4, 0.5) is 5.69 Å². The molecule has 0 spiro atoms. The van der Waals surface area contributed by atoms with Gasteiger partial charge in [0.25, 0.3) is 0 Å². The highest BCUT2D eigenvalue weighted by molar-refractivity contribution is 5.86. The Morgan fingerprint density at radius 1 is 1.56 bits per heavy atom. The van der Waals surface area contributed by atoms with Gasteiger partial charge in [-0.25, -0.2) is 9.78 Å². The number of pyridine rings is 1. The maximum atomic E-state index is 10.7. The molecule has 1 aliphatic rings. The van der Waals surface area contributed by atoms with Crippen LogP contribution < -0.4 is 5.32 Å². The average molecular weight is 220 g/mol. The van der Waals surface area contributed by atoms with Crippen LogP contribution in [0.5, 0.6) is 0 Å². The number of nitrogens with zero attached hydrogens (tertiary/aromatic N) is 1. The molecule has 1 fully saturated rings. The Morgan fingerprint density at radius 3 is 3.00 bits per heavy atom. The number of aromatic nitrogens is 1. The standard InChI is InChI=1S/C12H16N2O2/c15-12(16)11-8-10(5-7-14-11)13-6-4-9-2-1-3-9/h5,7-9H,1-4,6H2,(H,13,14)(H,15,16). The zero-order valence-electron chi connectivity index (χ0n) is 9.15. The first kappa shape index (κ1) is 10.9. The number of hydrogen-bond donors (Lipinski definition) is 2. The van der Waals surface area contributed by atoms with Gasteiger partial charge in [0.1, 0.15) is 5.69 Å². The summed E-state index contributed by atoms with van der Waals surface area (Å²) >= 11 is 0. The number of rotatable bonds is 5. The molecular weight excluding hydrogens is 204 g/mol. The van der Waals surface area contributed by atoms with Gasteiger partial charge in [0.2, 0.25) is 0 Å². The molecule has 0 bridgehead atoms. The summed E-state index contributed by atoms with van der Waals surface area (Å²) < 4.78 is 0. The second kappa shape index (κ2) is 4.96. The lowest BCUT2D eigenvalue weighted by Crippen LogP contribution is -2.15. The third kappa shape index (κ3) is 2.72. The van der Waals surface area contributed by atoms with Crippen LogP contribution in [0, 0.1) is 5.92 Å². The minimum Gasteiger partial charge on any atom is -0.477 e. The van der Waals surface area contributed by atoms with E-state index in [1.165, 1.54) is 31.9 Å². The average Bonchev–Trinajstić information content (AvgIpc) is 2.22. The van der Waals surface area contributed by atoms with E-state index in [4.69, 9.17) is 5.11 Å². The number of aromatic carboxylic acids is 1. The highest BCUT2D eigenvalue weighted by Gasteiger charge is 2.16. The summed E-state index contributed by atoms with van der Waals surface area (Å²) in [5, 5.41) is 12.0. The molecule has 0 aliphatic heterocycles. The zero-order valence-corrected chi connectivity index (χ0v) is 9.15. The first-order valence-corrected chi connectivity index (χ1v) is 5.69. The third-order valence-electron chi connectivity index (χ3n) is 3.09. The van der Waals surface area contributed by atoms with Crippen LogP contribution in [-0.4, -0.2) is 22.6 Å². The van der Waals surface area contributed by atoms with Gasteiger partial charge in [-0.1, -0.05) is 19.3 Å². The van der Waals surface area contributed by atoms with Gasteiger partial charge in [-0.05, 0) is 24.5 Å². The van der Waals surface area contributed by atoms with Crippen molar-refractivity contribution in [1.29, 1.82) is 0 Å². The van der Waals surface area contributed by atoms with Gasteiger partial charge in [0.15, 0.2) is 0 Å². The van der Waals surface area contributed by atoms with E-state index in [0.717, 1.165) is 18.2 Å². The van der Waals surface area contributed by atoms with Crippen LogP contribution in [0.3, 0.4) is 0 Å². The summed E-state index contributed by atoms with van der Waals surface area (Å²) in [5.74, 6) is -0.115. The molecule has 2 N–H and O–H groups in total. The number of nitrogens with one attached hydrogen (secondary N) is 1. The largest absolute Gasteiger partial charge is 0.477 e. The van der Waals surface area contributed by atoms with Gasteiger partial charge in [-0.2, -0.15) is 0 Å². The van der Waals surface area contributed by atoms with Gasteiger partial charge < -0.3 is 10.4 Å². The van der Waals surface area contributed by atoms with E-state index in [1.54, 1.807) is 12.1 Å². The summed E-state index contributed by atoms with van der Waals surface area (Å²) in [5.41, 5.74) is 0.931. The fourth-order valence-electron chi connectivity index (χ4n) is 1.86. The van der Waals surface area contributed by atoms with Gasteiger partial charge in [-0.15, -0.1) is 0 Å². The first-order valence-electron chi connectivity index (χ1n) is 5.69. The molecule has 86 valence electrons. The number of carboxylic acids is 1. The Kier molecular flexibility index (Phi) is 3.39. The summed E-state index contributed by atoms with van der Waals surface area (Å²) in [7, 11) is 0. The molecule has 1 aromatic heterocycles. The molecule has 4 heteroatoms. The molecule has 4 nitrogen and oxygen atoms in total. The van der Waals surface area contributed by atoms with Crippen molar-refractivity contribution in [2.75, 3.05) is 11.9 Å². The molecular formula is C12H16N2O2. The maximum Gasteiger partial charge on any atom is 0.354 e. The van der Waals surface area contributed by atoms with Gasteiger partial charge >= 0.3 is 5.97 Å². The van der Waals surface area contributed by atoms with Crippen LogP contribution >= 0.6 is 0 Å². The molecule has 2 rings (SSSR count). The molecule has 0 amide bonds. The Bertz CT molecular complexity index is 375. The molecule has 1 heterocycles. The van der Waals surface area contributed by atoms with Crippen LogP contribution in [0.15, 0.2) is 18.3 Å².